The summed E-state index contributed by atoms with van der Waals surface area (Å²) in [6.45, 7) is 3.33. The van der Waals surface area contributed by atoms with E-state index in [4.69, 9.17) is 9.47 Å². The van der Waals surface area contributed by atoms with Gasteiger partial charge in [-0.2, -0.15) is 0 Å². The van der Waals surface area contributed by atoms with Gasteiger partial charge in [0.05, 0.1) is 6.61 Å². The molecule has 3 heteroatoms. The van der Waals surface area contributed by atoms with Gasteiger partial charge in [0.2, 0.25) is 0 Å². The van der Waals surface area contributed by atoms with E-state index >= 15 is 0 Å². The van der Waals surface area contributed by atoms with Crippen LogP contribution in [-0.2, 0) is 4.74 Å². The molecule has 0 fully saturated rings. The summed E-state index contributed by atoms with van der Waals surface area (Å²) in [7, 11) is 3.59. The Morgan fingerprint density at radius 1 is 1.35 bits per heavy atom. The number of ether oxygens (including phenoxy) is 2. The van der Waals surface area contributed by atoms with Gasteiger partial charge in [-0.25, -0.2) is 0 Å². The number of rotatable bonds is 7. The van der Waals surface area contributed by atoms with E-state index < -0.39 is 0 Å². The highest BCUT2D eigenvalue weighted by Crippen LogP contribution is 2.20. The molecule has 94 valence electrons. The summed E-state index contributed by atoms with van der Waals surface area (Å²) >= 11 is 0. The van der Waals surface area contributed by atoms with Crippen molar-refractivity contribution in [2.75, 3.05) is 27.3 Å². The maximum absolute atomic E-state index is 5.94. The van der Waals surface area contributed by atoms with E-state index in [1.54, 1.807) is 7.11 Å². The molecule has 1 N–H and O–H groups in total. The van der Waals surface area contributed by atoms with Crippen molar-refractivity contribution in [2.45, 2.75) is 13.0 Å². The van der Waals surface area contributed by atoms with Crippen molar-refractivity contribution in [1.82, 2.24) is 5.32 Å². The van der Waals surface area contributed by atoms with Gasteiger partial charge in [-0.3, -0.25) is 0 Å². The van der Waals surface area contributed by atoms with Gasteiger partial charge < -0.3 is 14.8 Å². The third-order valence-corrected chi connectivity index (χ3v) is 2.34. The van der Waals surface area contributed by atoms with Crippen LogP contribution in [-0.4, -0.2) is 33.4 Å². The molecule has 3 nitrogen and oxygen atoms in total. The van der Waals surface area contributed by atoms with Crippen LogP contribution in [0, 0.1) is 0 Å². The van der Waals surface area contributed by atoms with Crippen LogP contribution < -0.4 is 10.1 Å². The minimum absolute atomic E-state index is 0.0245. The Morgan fingerprint density at radius 2 is 2.12 bits per heavy atom. The summed E-state index contributed by atoms with van der Waals surface area (Å²) in [6, 6.07) is 8.00. The van der Waals surface area contributed by atoms with E-state index in [9.17, 15) is 0 Å². The zero-order valence-corrected chi connectivity index (χ0v) is 10.8. The summed E-state index contributed by atoms with van der Waals surface area (Å²) in [4.78, 5) is 0. The van der Waals surface area contributed by atoms with Gasteiger partial charge >= 0.3 is 0 Å². The van der Waals surface area contributed by atoms with Crippen LogP contribution in [0.25, 0.3) is 6.08 Å². The Kier molecular flexibility index (Phi) is 6.37. The molecular formula is C14H21NO2. The molecule has 0 saturated carbocycles. The van der Waals surface area contributed by atoms with Gasteiger partial charge in [-0.1, -0.05) is 30.4 Å². The Labute approximate surface area is 103 Å². The van der Waals surface area contributed by atoms with Crippen molar-refractivity contribution >= 4 is 6.08 Å². The van der Waals surface area contributed by atoms with Gasteiger partial charge in [-0.15, -0.1) is 0 Å². The van der Waals surface area contributed by atoms with Gasteiger partial charge in [0.25, 0.3) is 0 Å². The molecule has 0 bridgehead atoms. The molecule has 0 spiro atoms. The molecule has 0 aliphatic rings. The summed E-state index contributed by atoms with van der Waals surface area (Å²) in [5, 5.41) is 3.10. The molecule has 1 aromatic rings. The van der Waals surface area contributed by atoms with Crippen LogP contribution in [0.5, 0.6) is 5.75 Å². The first-order valence-electron chi connectivity index (χ1n) is 5.83. The molecule has 1 aromatic carbocycles. The van der Waals surface area contributed by atoms with Crippen LogP contribution in [0.4, 0.5) is 0 Å². The standard InChI is InChI=1S/C14H21NO2/c1-4-7-12-8-5-6-9-14(12)17-13(10-15-2)11-16-3/h4-9,13,15H,10-11H2,1-3H3/b7-4+. The fourth-order valence-corrected chi connectivity index (χ4v) is 1.63. The summed E-state index contributed by atoms with van der Waals surface area (Å²) in [5.74, 6) is 0.892. The van der Waals surface area contributed by atoms with E-state index in [1.807, 2.05) is 50.4 Å². The molecule has 0 radical (unpaired) electrons. The van der Waals surface area contributed by atoms with E-state index in [2.05, 4.69) is 5.32 Å². The van der Waals surface area contributed by atoms with Crippen molar-refractivity contribution in [2.24, 2.45) is 0 Å². The molecule has 0 amide bonds. The summed E-state index contributed by atoms with van der Waals surface area (Å²) < 4.78 is 11.1. The van der Waals surface area contributed by atoms with Crippen LogP contribution in [0.3, 0.4) is 0 Å². The smallest absolute Gasteiger partial charge is 0.134 e. The van der Waals surface area contributed by atoms with E-state index in [1.165, 1.54) is 0 Å². The highest BCUT2D eigenvalue weighted by atomic mass is 16.5. The summed E-state index contributed by atoms with van der Waals surface area (Å²) in [5.41, 5.74) is 1.09. The summed E-state index contributed by atoms with van der Waals surface area (Å²) in [6.07, 6.45) is 4.07. The van der Waals surface area contributed by atoms with Crippen molar-refractivity contribution in [1.29, 1.82) is 0 Å². The third kappa shape index (κ3) is 4.59. The fraction of sp³-hybridized carbons (Fsp3) is 0.429. The van der Waals surface area contributed by atoms with Crippen LogP contribution in [0.15, 0.2) is 30.3 Å². The molecule has 0 heterocycles. The Bertz CT molecular complexity index is 344. The second-order valence-corrected chi connectivity index (χ2v) is 3.79. The lowest BCUT2D eigenvalue weighted by molar-refractivity contribution is 0.0817. The van der Waals surface area contributed by atoms with Crippen LogP contribution >= 0.6 is 0 Å². The van der Waals surface area contributed by atoms with Crippen LogP contribution in [0.2, 0.25) is 0 Å². The first-order valence-corrected chi connectivity index (χ1v) is 5.83. The SMILES string of the molecule is C/C=C/c1ccccc1OC(CNC)COC. The first-order chi connectivity index (χ1) is 8.31. The molecule has 0 aromatic heterocycles. The number of para-hydroxylation sites is 1. The minimum atomic E-state index is 0.0245. The number of allylic oxidation sites excluding steroid dienone is 1. The Morgan fingerprint density at radius 3 is 2.76 bits per heavy atom. The average molecular weight is 235 g/mol. The molecule has 1 atom stereocenters. The van der Waals surface area contributed by atoms with Crippen LogP contribution in [0.1, 0.15) is 12.5 Å². The average Bonchev–Trinajstić information content (AvgIpc) is 2.33. The number of methoxy groups -OCH3 is 1. The Hall–Kier alpha value is -1.32. The molecule has 1 unspecified atom stereocenters. The predicted molar refractivity (Wildman–Crippen MR) is 71.4 cm³/mol. The zero-order chi connectivity index (χ0) is 12.5. The quantitative estimate of drug-likeness (QED) is 0.787. The number of likely N-dealkylation sites (N-methyl/N-ethyl adjacent to an activating group) is 1. The largest absolute Gasteiger partial charge is 0.486 e. The lowest BCUT2D eigenvalue weighted by Crippen LogP contribution is -2.33. The maximum atomic E-state index is 5.94. The normalized spacial score (nSPS) is 12.9. The lowest BCUT2D eigenvalue weighted by Gasteiger charge is -2.19. The second kappa shape index (κ2) is 7.87. The molecule has 0 aliphatic carbocycles. The van der Waals surface area contributed by atoms with Gasteiger partial charge in [0.1, 0.15) is 11.9 Å². The molecule has 1 rings (SSSR count). The van der Waals surface area contributed by atoms with Gasteiger partial charge in [0, 0.05) is 19.2 Å². The lowest BCUT2D eigenvalue weighted by atomic mass is 10.2. The second-order valence-electron chi connectivity index (χ2n) is 3.79. The number of benzene rings is 1. The van der Waals surface area contributed by atoms with Crippen molar-refractivity contribution < 1.29 is 9.47 Å². The number of nitrogens with one attached hydrogen (secondary N) is 1. The topological polar surface area (TPSA) is 30.5 Å². The predicted octanol–water partition coefficient (Wildman–Crippen LogP) is 2.33. The number of hydrogen-bond donors (Lipinski definition) is 1. The highest BCUT2D eigenvalue weighted by Gasteiger charge is 2.10. The van der Waals surface area contributed by atoms with Crippen molar-refractivity contribution in [3.8, 4) is 5.75 Å². The highest BCUT2D eigenvalue weighted by molar-refractivity contribution is 5.56. The van der Waals surface area contributed by atoms with E-state index in [0.29, 0.717) is 6.61 Å². The monoisotopic (exact) mass is 235 g/mol. The maximum Gasteiger partial charge on any atom is 0.134 e. The Balaban J connectivity index is 2.76. The van der Waals surface area contributed by atoms with E-state index in [-0.39, 0.29) is 6.10 Å². The first kappa shape index (κ1) is 13.7. The van der Waals surface area contributed by atoms with Crippen molar-refractivity contribution in [3.05, 3.63) is 35.9 Å². The molecular weight excluding hydrogens is 214 g/mol. The molecule has 0 aliphatic heterocycles. The van der Waals surface area contributed by atoms with Crippen molar-refractivity contribution in [3.63, 3.8) is 0 Å². The molecule has 0 saturated heterocycles. The minimum Gasteiger partial charge on any atom is -0.486 e. The third-order valence-electron chi connectivity index (χ3n) is 2.34. The fourth-order valence-electron chi connectivity index (χ4n) is 1.63. The van der Waals surface area contributed by atoms with Gasteiger partial charge in [-0.05, 0) is 20.0 Å². The van der Waals surface area contributed by atoms with E-state index in [0.717, 1.165) is 17.9 Å². The molecule has 17 heavy (non-hydrogen) atoms. The number of hydrogen-bond acceptors (Lipinski definition) is 3. The van der Waals surface area contributed by atoms with Gasteiger partial charge in [0.15, 0.2) is 0 Å². The zero-order valence-electron chi connectivity index (χ0n) is 10.8.